The van der Waals surface area contributed by atoms with Crippen molar-refractivity contribution in [3.05, 3.63) is 40.1 Å². The van der Waals surface area contributed by atoms with Gasteiger partial charge in [-0.15, -0.1) is 0 Å². The number of nitrogens with two attached hydrogens (primary N) is 2. The van der Waals surface area contributed by atoms with Crippen LogP contribution in [-0.2, 0) is 12.8 Å². The van der Waals surface area contributed by atoms with Gasteiger partial charge in [-0.25, -0.2) is 10.6 Å². The van der Waals surface area contributed by atoms with E-state index in [-0.39, 0.29) is 0 Å². The van der Waals surface area contributed by atoms with Gasteiger partial charge in [0.05, 0.1) is 5.69 Å². The third kappa shape index (κ3) is 4.11. The largest absolute Gasteiger partial charge is 0.438 e. The maximum atomic E-state index is 10.7. The highest BCUT2D eigenvalue weighted by Gasteiger charge is 2.06. The van der Waals surface area contributed by atoms with Gasteiger partial charge >= 0.3 is 5.76 Å². The molecule has 0 aliphatic heterocycles. The molecule has 110 valence electrons. The number of nitrogens with zero attached hydrogens (tertiary/aromatic N) is 2. The average Bonchev–Trinajstić information content (AvgIpc) is 2.84. The van der Waals surface area contributed by atoms with Crippen molar-refractivity contribution in [3.63, 3.8) is 0 Å². The highest BCUT2D eigenvalue weighted by atomic mass is 16.5. The van der Waals surface area contributed by atoms with Crippen LogP contribution in [0.4, 0.5) is 11.4 Å². The quantitative estimate of drug-likeness (QED) is 0.370. The van der Waals surface area contributed by atoms with Crippen molar-refractivity contribution >= 4 is 11.4 Å². The van der Waals surface area contributed by atoms with Gasteiger partial charge in [0.25, 0.3) is 0 Å². The van der Waals surface area contributed by atoms with Crippen LogP contribution in [0.3, 0.4) is 0 Å². The lowest BCUT2D eigenvalue weighted by atomic mass is 10.1. The molecule has 0 spiro atoms. The highest BCUT2D eigenvalue weighted by Crippen LogP contribution is 2.21. The van der Waals surface area contributed by atoms with Gasteiger partial charge in [-0.3, -0.25) is 14.7 Å². The molecule has 2 aromatic rings. The summed E-state index contributed by atoms with van der Waals surface area (Å²) in [6.07, 6.45) is 1.15. The van der Waals surface area contributed by atoms with Crippen molar-refractivity contribution in [2.24, 2.45) is 5.84 Å². The van der Waals surface area contributed by atoms with Crippen LogP contribution in [-0.4, -0.2) is 15.3 Å². The van der Waals surface area contributed by atoms with Gasteiger partial charge in [0.2, 0.25) is 0 Å². The van der Waals surface area contributed by atoms with Gasteiger partial charge in [0.1, 0.15) is 5.69 Å². The van der Waals surface area contributed by atoms with Crippen LogP contribution in [0, 0.1) is 0 Å². The first-order valence-corrected chi connectivity index (χ1v) is 6.23. The summed E-state index contributed by atoms with van der Waals surface area (Å²) in [6.45, 7) is 4.00. The number of aryl methyl sites for hydroxylation is 2. The summed E-state index contributed by atoms with van der Waals surface area (Å²) in [5.41, 5.74) is 7.35. The maximum Gasteiger partial charge on any atom is 0.438 e. The number of rotatable bonds is 4. The molecule has 6 N–H and O–H groups in total. The van der Waals surface area contributed by atoms with Gasteiger partial charge < -0.3 is 5.73 Å². The molecule has 0 aliphatic carbocycles. The van der Waals surface area contributed by atoms with Crippen LogP contribution in [0.25, 0.3) is 0 Å². The molecule has 8 heteroatoms. The molecule has 0 unspecified atom stereocenters. The minimum atomic E-state index is -0.570. The number of anilines is 2. The van der Waals surface area contributed by atoms with Gasteiger partial charge in [-0.2, -0.15) is 5.17 Å². The van der Waals surface area contributed by atoms with E-state index < -0.39 is 5.76 Å². The molecular formula is C12H19N5O3. The third-order valence-electron chi connectivity index (χ3n) is 2.47. The van der Waals surface area contributed by atoms with E-state index in [1.165, 1.54) is 0 Å². The standard InChI is InChI=1S/C10H13N5O3.C2H6/c11-7-5-6(1-3-8(7)15(12)17)2-4-9-13-10(16)18-14-9;1-2/h1,3,5,17H,2,4,11-12H2,(H,13,14,16);1-2H3. The first kappa shape index (κ1) is 15.7. The molecule has 0 amide bonds. The summed E-state index contributed by atoms with van der Waals surface area (Å²) in [4.78, 5) is 13.2. The van der Waals surface area contributed by atoms with Crippen molar-refractivity contribution in [1.29, 1.82) is 0 Å². The van der Waals surface area contributed by atoms with Crippen molar-refractivity contribution in [3.8, 4) is 0 Å². The molecule has 0 bridgehead atoms. The Labute approximate surface area is 115 Å². The lowest BCUT2D eigenvalue weighted by Crippen LogP contribution is -2.26. The number of nitrogen functional groups attached to an aromatic ring is 1. The van der Waals surface area contributed by atoms with E-state index in [1.807, 2.05) is 13.8 Å². The van der Waals surface area contributed by atoms with Crippen LogP contribution in [0.2, 0.25) is 0 Å². The first-order chi connectivity index (χ1) is 9.56. The molecule has 1 aromatic carbocycles. The van der Waals surface area contributed by atoms with Crippen LogP contribution >= 0.6 is 0 Å². The van der Waals surface area contributed by atoms with Gasteiger partial charge in [-0.1, -0.05) is 25.1 Å². The second kappa shape index (κ2) is 7.31. The molecular weight excluding hydrogens is 262 g/mol. The summed E-state index contributed by atoms with van der Waals surface area (Å²) >= 11 is 0. The second-order valence-corrected chi connectivity index (χ2v) is 3.78. The Kier molecular flexibility index (Phi) is 5.75. The van der Waals surface area contributed by atoms with E-state index in [1.54, 1.807) is 18.2 Å². The van der Waals surface area contributed by atoms with Crippen molar-refractivity contribution in [1.82, 2.24) is 10.1 Å². The zero-order chi connectivity index (χ0) is 15.1. The number of hydrazine groups is 1. The lowest BCUT2D eigenvalue weighted by Gasteiger charge is -2.13. The maximum absolute atomic E-state index is 10.7. The Morgan fingerprint density at radius 2 is 2.10 bits per heavy atom. The predicted octanol–water partition coefficient (Wildman–Crippen LogP) is 0.826. The Balaban J connectivity index is 0.000000956. The molecule has 1 heterocycles. The molecule has 0 aliphatic rings. The second-order valence-electron chi connectivity index (χ2n) is 3.78. The fraction of sp³-hybridized carbons (Fsp3) is 0.333. The summed E-state index contributed by atoms with van der Waals surface area (Å²) in [5, 5.41) is 13.1. The van der Waals surface area contributed by atoms with Crippen molar-refractivity contribution in [2.45, 2.75) is 26.7 Å². The van der Waals surface area contributed by atoms with E-state index in [0.29, 0.717) is 35.2 Å². The number of aromatic nitrogens is 2. The van der Waals surface area contributed by atoms with E-state index in [0.717, 1.165) is 5.56 Å². The number of hydrogen-bond donors (Lipinski definition) is 4. The minimum absolute atomic E-state index is 0.327. The Morgan fingerprint density at radius 1 is 1.40 bits per heavy atom. The van der Waals surface area contributed by atoms with Crippen LogP contribution < -0.4 is 22.5 Å². The first-order valence-electron chi connectivity index (χ1n) is 6.23. The van der Waals surface area contributed by atoms with Gasteiger partial charge in [-0.05, 0) is 24.1 Å². The fourth-order valence-corrected chi connectivity index (χ4v) is 1.60. The number of aromatic amines is 1. The van der Waals surface area contributed by atoms with E-state index in [2.05, 4.69) is 14.7 Å². The number of benzene rings is 1. The monoisotopic (exact) mass is 281 g/mol. The van der Waals surface area contributed by atoms with E-state index in [4.69, 9.17) is 16.8 Å². The number of H-pyrrole nitrogens is 1. The third-order valence-corrected chi connectivity index (χ3v) is 2.47. The summed E-state index contributed by atoms with van der Waals surface area (Å²) < 4.78 is 4.39. The number of nitrogens with one attached hydrogen (secondary N) is 1. The van der Waals surface area contributed by atoms with Crippen LogP contribution in [0.1, 0.15) is 25.2 Å². The topological polar surface area (TPSA) is 134 Å². The molecule has 0 saturated carbocycles. The normalized spacial score (nSPS) is 9.80. The fourth-order valence-electron chi connectivity index (χ4n) is 1.60. The Hall–Kier alpha value is -2.32. The average molecular weight is 281 g/mol. The summed E-state index contributed by atoms with van der Waals surface area (Å²) in [6, 6.07) is 5.08. The summed E-state index contributed by atoms with van der Waals surface area (Å²) in [5.74, 6) is 5.09. The van der Waals surface area contributed by atoms with Gasteiger partial charge in [0, 0.05) is 6.42 Å². The van der Waals surface area contributed by atoms with Crippen molar-refractivity contribution in [2.75, 3.05) is 10.9 Å². The Bertz CT molecular complexity index is 591. The zero-order valence-corrected chi connectivity index (χ0v) is 11.5. The molecule has 0 radical (unpaired) electrons. The molecule has 0 saturated heterocycles. The molecule has 8 nitrogen and oxygen atoms in total. The predicted molar refractivity (Wildman–Crippen MR) is 75.2 cm³/mol. The Morgan fingerprint density at radius 3 is 2.60 bits per heavy atom. The minimum Gasteiger partial charge on any atom is -0.397 e. The van der Waals surface area contributed by atoms with Crippen LogP contribution in [0.5, 0.6) is 0 Å². The zero-order valence-electron chi connectivity index (χ0n) is 11.5. The molecule has 20 heavy (non-hydrogen) atoms. The molecule has 1 aromatic heterocycles. The SMILES string of the molecule is CC.Nc1cc(CCc2noc(=O)[nH]2)ccc1N(N)O. The summed E-state index contributed by atoms with van der Waals surface area (Å²) in [7, 11) is 0. The van der Waals surface area contributed by atoms with Crippen molar-refractivity contribution < 1.29 is 9.73 Å². The molecule has 0 atom stereocenters. The smallest absolute Gasteiger partial charge is 0.397 e. The van der Waals surface area contributed by atoms with E-state index >= 15 is 0 Å². The lowest BCUT2D eigenvalue weighted by molar-refractivity contribution is 0.258. The van der Waals surface area contributed by atoms with E-state index in [9.17, 15) is 4.79 Å². The molecule has 2 rings (SSSR count). The van der Waals surface area contributed by atoms with Crippen LogP contribution in [0.15, 0.2) is 27.5 Å². The number of hydrogen-bond acceptors (Lipinski definition) is 7. The van der Waals surface area contributed by atoms with Gasteiger partial charge in [0.15, 0.2) is 5.82 Å². The molecule has 0 fully saturated rings. The highest BCUT2D eigenvalue weighted by molar-refractivity contribution is 5.66.